The van der Waals surface area contributed by atoms with Gasteiger partial charge in [-0.05, 0) is 48.3 Å². The van der Waals surface area contributed by atoms with Gasteiger partial charge in [0.2, 0.25) is 10.0 Å². The number of anilines is 1. The van der Waals surface area contributed by atoms with Gasteiger partial charge in [0.25, 0.3) is 11.8 Å². The van der Waals surface area contributed by atoms with E-state index in [1.807, 2.05) is 0 Å². The van der Waals surface area contributed by atoms with Crippen LogP contribution in [0.15, 0.2) is 70.9 Å². The number of benzene rings is 2. The molecule has 3 N–H and O–H groups in total. The Morgan fingerprint density at radius 2 is 1.66 bits per heavy atom. The van der Waals surface area contributed by atoms with Crippen molar-refractivity contribution in [3.8, 4) is 0 Å². The highest BCUT2D eigenvalue weighted by atomic mass is 32.2. The summed E-state index contributed by atoms with van der Waals surface area (Å²) in [7, 11) is -2.16. The highest BCUT2D eigenvalue weighted by Gasteiger charge is 2.15. The van der Waals surface area contributed by atoms with Gasteiger partial charge in [-0.2, -0.15) is 0 Å². The molecular weight excluding hydrogens is 410 g/mol. The molecule has 150 valence electrons. The van der Waals surface area contributed by atoms with E-state index < -0.39 is 10.0 Å². The van der Waals surface area contributed by atoms with E-state index in [2.05, 4.69) is 15.4 Å². The van der Waals surface area contributed by atoms with Crippen molar-refractivity contribution in [2.45, 2.75) is 11.4 Å². The third-order valence-corrected chi connectivity index (χ3v) is 6.42. The van der Waals surface area contributed by atoms with Crippen LogP contribution in [0, 0.1) is 0 Å². The summed E-state index contributed by atoms with van der Waals surface area (Å²) >= 11 is 1.32. The van der Waals surface area contributed by atoms with Crippen molar-refractivity contribution >= 4 is 38.9 Å². The lowest BCUT2D eigenvalue weighted by Gasteiger charge is -2.11. The first-order chi connectivity index (χ1) is 13.9. The maximum absolute atomic E-state index is 12.6. The molecule has 1 heterocycles. The molecule has 0 saturated heterocycles. The number of sulfonamides is 1. The lowest BCUT2D eigenvalue weighted by Crippen LogP contribution is -2.25. The molecule has 1 aromatic heterocycles. The molecule has 0 aliphatic carbocycles. The Balaban J connectivity index is 1.68. The van der Waals surface area contributed by atoms with Gasteiger partial charge in [0.15, 0.2) is 0 Å². The summed E-state index contributed by atoms with van der Waals surface area (Å²) in [6.45, 7) is 0.214. The van der Waals surface area contributed by atoms with Gasteiger partial charge in [-0.15, -0.1) is 11.3 Å². The molecule has 2 aromatic carbocycles. The van der Waals surface area contributed by atoms with Crippen LogP contribution >= 0.6 is 11.3 Å². The number of rotatable bonds is 7. The van der Waals surface area contributed by atoms with E-state index in [1.165, 1.54) is 30.5 Å². The monoisotopic (exact) mass is 429 g/mol. The zero-order valence-electron chi connectivity index (χ0n) is 15.5. The van der Waals surface area contributed by atoms with Gasteiger partial charge >= 0.3 is 0 Å². The highest BCUT2D eigenvalue weighted by Crippen LogP contribution is 2.18. The molecule has 0 fully saturated rings. The predicted molar refractivity (Wildman–Crippen MR) is 113 cm³/mol. The summed E-state index contributed by atoms with van der Waals surface area (Å²) < 4.78 is 25.8. The van der Waals surface area contributed by atoms with E-state index >= 15 is 0 Å². The average Bonchev–Trinajstić information content (AvgIpc) is 3.28. The van der Waals surface area contributed by atoms with Gasteiger partial charge in [-0.3, -0.25) is 9.59 Å². The molecule has 29 heavy (non-hydrogen) atoms. The van der Waals surface area contributed by atoms with Crippen molar-refractivity contribution in [2.75, 3.05) is 12.4 Å². The van der Waals surface area contributed by atoms with E-state index in [9.17, 15) is 18.0 Å². The molecule has 0 saturated carbocycles. The van der Waals surface area contributed by atoms with E-state index in [-0.39, 0.29) is 23.3 Å². The molecule has 3 aromatic rings. The molecule has 0 bridgehead atoms. The summed E-state index contributed by atoms with van der Waals surface area (Å²) in [5.41, 5.74) is 1.50. The topological polar surface area (TPSA) is 104 Å². The number of para-hydroxylation sites is 1. The first-order valence-electron chi connectivity index (χ1n) is 8.65. The quantitative estimate of drug-likeness (QED) is 0.537. The van der Waals surface area contributed by atoms with Crippen molar-refractivity contribution in [3.63, 3.8) is 0 Å². The van der Waals surface area contributed by atoms with Crippen LogP contribution < -0.4 is 15.4 Å². The van der Waals surface area contributed by atoms with Crippen LogP contribution in [0.25, 0.3) is 0 Å². The predicted octanol–water partition coefficient (Wildman–Crippen LogP) is 2.84. The summed E-state index contributed by atoms with van der Waals surface area (Å²) in [5, 5.41) is 7.35. The van der Waals surface area contributed by atoms with Gasteiger partial charge in [-0.1, -0.05) is 30.3 Å². The molecule has 0 radical (unpaired) electrons. The first kappa shape index (κ1) is 20.7. The second kappa shape index (κ2) is 8.99. The van der Waals surface area contributed by atoms with E-state index in [1.54, 1.807) is 53.9 Å². The van der Waals surface area contributed by atoms with Gasteiger partial charge in [0.1, 0.15) is 0 Å². The van der Waals surface area contributed by atoms with Crippen molar-refractivity contribution in [2.24, 2.45) is 0 Å². The van der Waals surface area contributed by atoms with Crippen LogP contribution in [-0.4, -0.2) is 27.3 Å². The molecule has 0 aliphatic rings. The Labute approximate surface area is 172 Å². The molecule has 7 nitrogen and oxygen atoms in total. The second-order valence-corrected chi connectivity index (χ2v) is 8.85. The molecule has 3 rings (SSSR count). The summed E-state index contributed by atoms with van der Waals surface area (Å²) in [4.78, 5) is 25.6. The van der Waals surface area contributed by atoms with Crippen molar-refractivity contribution in [1.82, 2.24) is 10.0 Å². The minimum atomic E-state index is -3.50. The second-order valence-electron chi connectivity index (χ2n) is 6.01. The smallest absolute Gasteiger partial charge is 0.265 e. The molecule has 0 aliphatic heterocycles. The van der Waals surface area contributed by atoms with Gasteiger partial charge in [-0.25, -0.2) is 13.1 Å². The molecule has 0 spiro atoms. The SMILES string of the molecule is CNS(=O)(=O)c1ccc(CNC(=O)c2ccccc2NC(=O)c2cccs2)cc1. The fourth-order valence-corrected chi connectivity index (χ4v) is 3.91. The van der Waals surface area contributed by atoms with Gasteiger partial charge in [0.05, 0.1) is 21.0 Å². The number of nitrogens with one attached hydrogen (secondary N) is 3. The lowest BCUT2D eigenvalue weighted by atomic mass is 10.1. The standard InChI is InChI=1S/C20H19N3O4S2/c1-21-29(26,27)15-10-8-14(9-11-15)13-22-19(24)16-5-2-3-6-17(16)23-20(25)18-7-4-12-28-18/h2-12,21H,13H2,1H3,(H,22,24)(H,23,25). The first-order valence-corrected chi connectivity index (χ1v) is 11.0. The number of carbonyl (C=O) groups excluding carboxylic acids is 2. The Kier molecular flexibility index (Phi) is 6.42. The van der Waals surface area contributed by atoms with Crippen LogP contribution in [0.4, 0.5) is 5.69 Å². The van der Waals surface area contributed by atoms with Crippen LogP contribution in [-0.2, 0) is 16.6 Å². The summed E-state index contributed by atoms with van der Waals surface area (Å²) in [5.74, 6) is -0.624. The third kappa shape index (κ3) is 5.08. The number of hydrogen-bond acceptors (Lipinski definition) is 5. The normalized spacial score (nSPS) is 11.1. The fraction of sp³-hybridized carbons (Fsp3) is 0.100. The van der Waals surface area contributed by atoms with Gasteiger partial charge in [0, 0.05) is 6.54 Å². The maximum atomic E-state index is 12.6. The average molecular weight is 430 g/mol. The minimum absolute atomic E-state index is 0.150. The minimum Gasteiger partial charge on any atom is -0.348 e. The molecular formula is C20H19N3O4S2. The van der Waals surface area contributed by atoms with E-state index in [0.717, 1.165) is 5.56 Å². The Bertz CT molecular complexity index is 1110. The largest absolute Gasteiger partial charge is 0.348 e. The fourth-order valence-electron chi connectivity index (χ4n) is 2.56. The van der Waals surface area contributed by atoms with Gasteiger partial charge < -0.3 is 10.6 Å². The van der Waals surface area contributed by atoms with Crippen LogP contribution in [0.5, 0.6) is 0 Å². The van der Waals surface area contributed by atoms with Crippen molar-refractivity contribution in [3.05, 3.63) is 82.0 Å². The number of carbonyl (C=O) groups is 2. The Morgan fingerprint density at radius 1 is 0.931 bits per heavy atom. The van der Waals surface area contributed by atoms with Crippen molar-refractivity contribution < 1.29 is 18.0 Å². The molecule has 9 heteroatoms. The Morgan fingerprint density at radius 3 is 2.31 bits per heavy atom. The third-order valence-electron chi connectivity index (χ3n) is 4.12. The van der Waals surface area contributed by atoms with Crippen LogP contribution in [0.3, 0.4) is 0 Å². The zero-order chi connectivity index (χ0) is 20.9. The zero-order valence-corrected chi connectivity index (χ0v) is 17.1. The van der Waals surface area contributed by atoms with Crippen LogP contribution in [0.2, 0.25) is 0 Å². The number of thiophene rings is 1. The molecule has 0 atom stereocenters. The maximum Gasteiger partial charge on any atom is 0.265 e. The highest BCUT2D eigenvalue weighted by molar-refractivity contribution is 7.89. The van der Waals surface area contributed by atoms with E-state index in [4.69, 9.17) is 0 Å². The van der Waals surface area contributed by atoms with E-state index in [0.29, 0.717) is 16.1 Å². The number of amides is 2. The molecule has 2 amide bonds. The van der Waals surface area contributed by atoms with Crippen molar-refractivity contribution in [1.29, 1.82) is 0 Å². The summed E-state index contributed by atoms with van der Waals surface area (Å²) in [6, 6.07) is 16.5. The van der Waals surface area contributed by atoms with Crippen LogP contribution in [0.1, 0.15) is 25.6 Å². The summed E-state index contributed by atoms with van der Waals surface area (Å²) in [6.07, 6.45) is 0. The Hall–Kier alpha value is -3.01. The number of hydrogen-bond donors (Lipinski definition) is 3. The molecule has 0 unspecified atom stereocenters. The lowest BCUT2D eigenvalue weighted by molar-refractivity contribution is 0.0951.